The molecule has 0 aliphatic carbocycles. The summed E-state index contributed by atoms with van der Waals surface area (Å²) in [7, 11) is -2.93. The zero-order valence-electron chi connectivity index (χ0n) is 9.70. The third kappa shape index (κ3) is 3.46. The molecule has 8 heteroatoms. The number of nitriles is 1. The zero-order chi connectivity index (χ0) is 13.0. The average Bonchev–Trinajstić information content (AvgIpc) is 2.91. The van der Waals surface area contributed by atoms with Gasteiger partial charge in [-0.2, -0.15) is 5.26 Å². The fourth-order valence-corrected chi connectivity index (χ4v) is 4.18. The molecule has 1 aliphatic rings. The van der Waals surface area contributed by atoms with Crippen molar-refractivity contribution in [2.45, 2.75) is 30.4 Å². The lowest BCUT2D eigenvalue weighted by Gasteiger charge is -1.98. The van der Waals surface area contributed by atoms with Crippen molar-refractivity contribution in [3.8, 4) is 6.07 Å². The number of rotatable bonds is 5. The number of aromatic nitrogens is 2. The number of thioether (sulfide) groups is 1. The topological polar surface area (TPSA) is 96.9 Å². The van der Waals surface area contributed by atoms with Crippen LogP contribution in [0, 0.1) is 11.3 Å². The second-order valence-corrected chi connectivity index (χ2v) is 7.39. The van der Waals surface area contributed by atoms with Gasteiger partial charge in [0.1, 0.15) is 0 Å². The van der Waals surface area contributed by atoms with Crippen molar-refractivity contribution in [3.63, 3.8) is 0 Å². The number of sulfone groups is 1. The molecule has 1 fully saturated rings. The van der Waals surface area contributed by atoms with Gasteiger partial charge >= 0.3 is 0 Å². The highest BCUT2D eigenvalue weighted by Crippen LogP contribution is 2.29. The Morgan fingerprint density at radius 1 is 1.50 bits per heavy atom. The lowest BCUT2D eigenvalue weighted by atomic mass is 10.1. The standard InChI is InChI=1S/C10H13N3O3S2/c11-4-1-2-5-17-10-13-12-9(16-10)8-3-6-18(14,15)7-8/h8H,1-3,5-7H2/t8-/m1/s1. The van der Waals surface area contributed by atoms with Crippen molar-refractivity contribution in [1.82, 2.24) is 10.2 Å². The molecule has 1 aromatic rings. The summed E-state index contributed by atoms with van der Waals surface area (Å²) in [6.45, 7) is 0. The van der Waals surface area contributed by atoms with Crippen molar-refractivity contribution < 1.29 is 12.8 Å². The summed E-state index contributed by atoms with van der Waals surface area (Å²) >= 11 is 1.40. The lowest BCUT2D eigenvalue weighted by molar-refractivity contribution is 0.393. The molecule has 6 nitrogen and oxygen atoms in total. The van der Waals surface area contributed by atoms with Gasteiger partial charge in [0.2, 0.25) is 5.89 Å². The van der Waals surface area contributed by atoms with Gasteiger partial charge < -0.3 is 4.42 Å². The van der Waals surface area contributed by atoms with E-state index < -0.39 is 9.84 Å². The quantitative estimate of drug-likeness (QED) is 0.596. The Hall–Kier alpha value is -1.07. The van der Waals surface area contributed by atoms with Crippen LogP contribution >= 0.6 is 11.8 Å². The summed E-state index contributed by atoms with van der Waals surface area (Å²) in [6.07, 6.45) is 1.84. The minimum absolute atomic E-state index is 0.105. The highest BCUT2D eigenvalue weighted by Gasteiger charge is 2.32. The van der Waals surface area contributed by atoms with Crippen molar-refractivity contribution in [3.05, 3.63) is 5.89 Å². The molecule has 0 bridgehead atoms. The Morgan fingerprint density at radius 2 is 2.33 bits per heavy atom. The van der Waals surface area contributed by atoms with Crippen LogP contribution in [0.1, 0.15) is 31.1 Å². The molecule has 18 heavy (non-hydrogen) atoms. The number of unbranched alkanes of at least 4 members (excludes halogenated alkanes) is 1. The lowest BCUT2D eigenvalue weighted by Crippen LogP contribution is -2.03. The van der Waals surface area contributed by atoms with Crippen LogP contribution in [0.5, 0.6) is 0 Å². The normalized spacial score (nSPS) is 21.8. The molecule has 0 unspecified atom stereocenters. The predicted octanol–water partition coefficient (Wildman–Crippen LogP) is 1.37. The van der Waals surface area contributed by atoms with Gasteiger partial charge in [-0.3, -0.25) is 0 Å². The maximum Gasteiger partial charge on any atom is 0.276 e. The molecule has 0 radical (unpaired) electrons. The maximum absolute atomic E-state index is 11.3. The van der Waals surface area contributed by atoms with Gasteiger partial charge in [-0.1, -0.05) is 11.8 Å². The molecule has 0 aromatic carbocycles. The van der Waals surface area contributed by atoms with Crippen LogP contribution < -0.4 is 0 Å². The van der Waals surface area contributed by atoms with E-state index in [0.717, 1.165) is 12.2 Å². The third-order valence-corrected chi connectivity index (χ3v) is 5.33. The molecule has 2 heterocycles. The van der Waals surface area contributed by atoms with Crippen molar-refractivity contribution in [2.24, 2.45) is 0 Å². The molecular formula is C10H13N3O3S2. The molecule has 1 atom stereocenters. The van der Waals surface area contributed by atoms with Crippen molar-refractivity contribution in [2.75, 3.05) is 17.3 Å². The molecule has 98 valence electrons. The van der Waals surface area contributed by atoms with Crippen LogP contribution in [0.2, 0.25) is 0 Å². The van der Waals surface area contributed by atoms with Crippen molar-refractivity contribution >= 4 is 21.6 Å². The van der Waals surface area contributed by atoms with Gasteiger partial charge in [-0.15, -0.1) is 10.2 Å². The van der Waals surface area contributed by atoms with E-state index in [2.05, 4.69) is 16.3 Å². The first-order valence-corrected chi connectivity index (χ1v) is 8.45. The summed E-state index contributed by atoms with van der Waals surface area (Å²) < 4.78 is 28.1. The molecule has 1 saturated heterocycles. The van der Waals surface area contributed by atoms with E-state index >= 15 is 0 Å². The van der Waals surface area contributed by atoms with Gasteiger partial charge in [0, 0.05) is 12.2 Å². The third-order valence-electron chi connectivity index (χ3n) is 2.66. The highest BCUT2D eigenvalue weighted by molar-refractivity contribution is 7.99. The fourth-order valence-electron chi connectivity index (χ4n) is 1.74. The van der Waals surface area contributed by atoms with Gasteiger partial charge in [-0.05, 0) is 12.8 Å². The number of hydrogen-bond acceptors (Lipinski definition) is 7. The molecule has 0 N–H and O–H groups in total. The van der Waals surface area contributed by atoms with Gasteiger partial charge in [-0.25, -0.2) is 8.42 Å². The van der Waals surface area contributed by atoms with E-state index in [1.54, 1.807) is 0 Å². The van der Waals surface area contributed by atoms with E-state index in [-0.39, 0.29) is 17.4 Å². The molecule has 0 saturated carbocycles. The SMILES string of the molecule is N#CCCCSc1nnc([C@@H]2CCS(=O)(=O)C2)o1. The minimum atomic E-state index is -2.93. The second-order valence-electron chi connectivity index (χ2n) is 4.12. The molecule has 0 spiro atoms. The first-order chi connectivity index (χ1) is 8.61. The molecular weight excluding hydrogens is 274 g/mol. The van der Waals surface area contributed by atoms with E-state index in [4.69, 9.17) is 9.68 Å². The molecule has 2 rings (SSSR count). The maximum atomic E-state index is 11.3. The summed E-state index contributed by atoms with van der Waals surface area (Å²) in [5.74, 6) is 1.31. The van der Waals surface area contributed by atoms with Crippen LogP contribution in [0.3, 0.4) is 0 Å². The monoisotopic (exact) mass is 287 g/mol. The zero-order valence-corrected chi connectivity index (χ0v) is 11.3. The minimum Gasteiger partial charge on any atom is -0.416 e. The highest BCUT2D eigenvalue weighted by atomic mass is 32.2. The molecule has 1 aromatic heterocycles. The van der Waals surface area contributed by atoms with Gasteiger partial charge in [0.15, 0.2) is 9.84 Å². The Morgan fingerprint density at radius 3 is 3.00 bits per heavy atom. The number of nitrogens with zero attached hydrogens (tertiary/aromatic N) is 3. The van der Waals surface area contributed by atoms with E-state index in [0.29, 0.717) is 24.0 Å². The Balaban J connectivity index is 1.89. The smallest absolute Gasteiger partial charge is 0.276 e. The van der Waals surface area contributed by atoms with Crippen LogP contribution in [0.15, 0.2) is 9.64 Å². The predicted molar refractivity (Wildman–Crippen MR) is 65.9 cm³/mol. The first-order valence-electron chi connectivity index (χ1n) is 5.64. The summed E-state index contributed by atoms with van der Waals surface area (Å²) in [4.78, 5) is 0. The molecule has 1 aliphatic heterocycles. The summed E-state index contributed by atoms with van der Waals surface area (Å²) in [5, 5.41) is 16.6. The van der Waals surface area contributed by atoms with Crippen LogP contribution in [-0.4, -0.2) is 35.9 Å². The van der Waals surface area contributed by atoms with Gasteiger partial charge in [0.25, 0.3) is 5.22 Å². The second kappa shape index (κ2) is 5.71. The Kier molecular flexibility index (Phi) is 4.24. The van der Waals surface area contributed by atoms with Gasteiger partial charge in [0.05, 0.1) is 23.5 Å². The Bertz CT molecular complexity index is 547. The summed E-state index contributed by atoms with van der Waals surface area (Å²) in [5.41, 5.74) is 0. The van der Waals surface area contributed by atoms with Crippen LogP contribution in [-0.2, 0) is 9.84 Å². The van der Waals surface area contributed by atoms with E-state index in [9.17, 15) is 8.42 Å². The van der Waals surface area contributed by atoms with E-state index in [1.807, 2.05) is 0 Å². The average molecular weight is 287 g/mol. The fraction of sp³-hybridized carbons (Fsp3) is 0.700. The van der Waals surface area contributed by atoms with Crippen LogP contribution in [0.4, 0.5) is 0 Å². The number of hydrogen-bond donors (Lipinski definition) is 0. The van der Waals surface area contributed by atoms with Crippen LogP contribution in [0.25, 0.3) is 0 Å². The van der Waals surface area contributed by atoms with Crippen molar-refractivity contribution in [1.29, 1.82) is 5.26 Å². The first kappa shape index (κ1) is 13.4. The molecule has 0 amide bonds. The summed E-state index contributed by atoms with van der Waals surface area (Å²) in [6, 6.07) is 2.07. The Labute approximate surface area is 110 Å². The van der Waals surface area contributed by atoms with E-state index in [1.165, 1.54) is 11.8 Å². The largest absolute Gasteiger partial charge is 0.416 e.